The molecule has 1 aliphatic rings. The van der Waals surface area contributed by atoms with Gasteiger partial charge in [0.1, 0.15) is 5.75 Å². The standard InChI is InChI=1S/C15H21ClN2O2/c1-9(2)20-13-5-4-11(8-12(13)16)18-15(19)14-10(3)6-7-17-14/h4-5,8-10,14,17H,6-7H2,1-3H3,(H,18,19). The highest BCUT2D eigenvalue weighted by atomic mass is 35.5. The molecule has 0 aromatic heterocycles. The molecule has 0 saturated carbocycles. The van der Waals surface area contributed by atoms with E-state index in [4.69, 9.17) is 16.3 Å². The molecule has 2 unspecified atom stereocenters. The molecule has 2 N–H and O–H groups in total. The summed E-state index contributed by atoms with van der Waals surface area (Å²) in [5, 5.41) is 6.61. The van der Waals surface area contributed by atoms with E-state index in [0.29, 0.717) is 22.4 Å². The van der Waals surface area contributed by atoms with Crippen molar-refractivity contribution in [3.63, 3.8) is 0 Å². The zero-order valence-corrected chi connectivity index (χ0v) is 12.8. The first-order valence-corrected chi connectivity index (χ1v) is 7.35. The van der Waals surface area contributed by atoms with Crippen molar-refractivity contribution in [1.29, 1.82) is 0 Å². The summed E-state index contributed by atoms with van der Waals surface area (Å²) >= 11 is 6.15. The van der Waals surface area contributed by atoms with Crippen LogP contribution in [0.1, 0.15) is 27.2 Å². The minimum Gasteiger partial charge on any atom is -0.489 e. The fourth-order valence-electron chi connectivity index (χ4n) is 2.33. The summed E-state index contributed by atoms with van der Waals surface area (Å²) in [7, 11) is 0. The van der Waals surface area contributed by atoms with E-state index in [2.05, 4.69) is 17.6 Å². The predicted octanol–water partition coefficient (Wildman–Crippen LogP) is 3.06. The van der Waals surface area contributed by atoms with Crippen molar-refractivity contribution < 1.29 is 9.53 Å². The Balaban J connectivity index is 2.03. The van der Waals surface area contributed by atoms with Crippen LogP contribution in [0, 0.1) is 5.92 Å². The fraction of sp³-hybridized carbons (Fsp3) is 0.533. The highest BCUT2D eigenvalue weighted by Gasteiger charge is 2.29. The van der Waals surface area contributed by atoms with Crippen molar-refractivity contribution >= 4 is 23.2 Å². The van der Waals surface area contributed by atoms with Crippen LogP contribution in [0.15, 0.2) is 18.2 Å². The Morgan fingerprint density at radius 1 is 1.50 bits per heavy atom. The van der Waals surface area contributed by atoms with Crippen molar-refractivity contribution in [2.75, 3.05) is 11.9 Å². The van der Waals surface area contributed by atoms with E-state index in [1.165, 1.54) is 0 Å². The van der Waals surface area contributed by atoms with Crippen LogP contribution in [0.2, 0.25) is 5.02 Å². The van der Waals surface area contributed by atoms with E-state index in [0.717, 1.165) is 13.0 Å². The number of nitrogens with one attached hydrogen (secondary N) is 2. The monoisotopic (exact) mass is 296 g/mol. The number of rotatable bonds is 4. The van der Waals surface area contributed by atoms with E-state index in [9.17, 15) is 4.79 Å². The molecule has 0 bridgehead atoms. The molecule has 1 amide bonds. The first-order chi connectivity index (χ1) is 9.47. The summed E-state index contributed by atoms with van der Waals surface area (Å²) in [5.74, 6) is 0.977. The summed E-state index contributed by atoms with van der Waals surface area (Å²) in [6, 6.07) is 5.18. The van der Waals surface area contributed by atoms with Crippen LogP contribution >= 0.6 is 11.6 Å². The van der Waals surface area contributed by atoms with Crippen LogP contribution in [0.25, 0.3) is 0 Å². The molecular formula is C15H21ClN2O2. The Morgan fingerprint density at radius 3 is 2.80 bits per heavy atom. The molecule has 1 aliphatic heterocycles. The van der Waals surface area contributed by atoms with Crippen LogP contribution in [-0.2, 0) is 4.79 Å². The Hall–Kier alpha value is -1.26. The molecule has 5 heteroatoms. The summed E-state index contributed by atoms with van der Waals surface area (Å²) < 4.78 is 5.56. The topological polar surface area (TPSA) is 50.4 Å². The molecule has 4 nitrogen and oxygen atoms in total. The minimum atomic E-state index is -0.125. The number of benzene rings is 1. The maximum atomic E-state index is 12.2. The molecule has 2 rings (SSSR count). The molecule has 2 atom stereocenters. The highest BCUT2D eigenvalue weighted by molar-refractivity contribution is 6.32. The normalized spacial score (nSPS) is 22.1. The van der Waals surface area contributed by atoms with Gasteiger partial charge in [-0.25, -0.2) is 0 Å². The number of amides is 1. The molecule has 0 aliphatic carbocycles. The maximum absolute atomic E-state index is 12.2. The predicted molar refractivity (Wildman–Crippen MR) is 81.4 cm³/mol. The molecule has 1 aromatic rings. The summed E-state index contributed by atoms with van der Waals surface area (Å²) in [6.07, 6.45) is 1.09. The van der Waals surface area contributed by atoms with Crippen molar-refractivity contribution in [1.82, 2.24) is 5.32 Å². The second-order valence-corrected chi connectivity index (χ2v) is 5.91. The molecule has 1 saturated heterocycles. The van der Waals surface area contributed by atoms with Gasteiger partial charge >= 0.3 is 0 Å². The number of halogens is 1. The zero-order chi connectivity index (χ0) is 14.7. The van der Waals surface area contributed by atoms with E-state index in [1.54, 1.807) is 18.2 Å². The van der Waals surface area contributed by atoms with Crippen molar-refractivity contribution in [3.05, 3.63) is 23.2 Å². The number of ether oxygens (including phenoxy) is 1. The second kappa shape index (κ2) is 6.46. The lowest BCUT2D eigenvalue weighted by Crippen LogP contribution is -2.39. The Morgan fingerprint density at radius 2 is 2.25 bits per heavy atom. The lowest BCUT2D eigenvalue weighted by Gasteiger charge is -2.16. The molecule has 0 radical (unpaired) electrons. The van der Waals surface area contributed by atoms with Gasteiger partial charge in [-0.05, 0) is 50.9 Å². The van der Waals surface area contributed by atoms with Gasteiger partial charge in [0.2, 0.25) is 5.91 Å². The second-order valence-electron chi connectivity index (χ2n) is 5.50. The van der Waals surface area contributed by atoms with Gasteiger partial charge < -0.3 is 15.4 Å². The van der Waals surface area contributed by atoms with Crippen LogP contribution in [-0.4, -0.2) is 24.6 Å². The van der Waals surface area contributed by atoms with Gasteiger partial charge in [0, 0.05) is 5.69 Å². The number of hydrogen-bond acceptors (Lipinski definition) is 3. The molecule has 1 fully saturated rings. The van der Waals surface area contributed by atoms with Gasteiger partial charge in [0.05, 0.1) is 17.2 Å². The van der Waals surface area contributed by atoms with Crippen molar-refractivity contribution in [2.24, 2.45) is 5.92 Å². The van der Waals surface area contributed by atoms with Gasteiger partial charge in [0.15, 0.2) is 0 Å². The zero-order valence-electron chi connectivity index (χ0n) is 12.1. The quantitative estimate of drug-likeness (QED) is 0.898. The molecule has 0 spiro atoms. The van der Waals surface area contributed by atoms with Gasteiger partial charge in [0.25, 0.3) is 0 Å². The van der Waals surface area contributed by atoms with Gasteiger partial charge in [-0.15, -0.1) is 0 Å². The first kappa shape index (κ1) is 15.1. The van der Waals surface area contributed by atoms with Crippen molar-refractivity contribution in [3.8, 4) is 5.75 Å². The van der Waals surface area contributed by atoms with Gasteiger partial charge in [-0.1, -0.05) is 18.5 Å². The number of carbonyl (C=O) groups excluding carboxylic acids is 1. The molecule has 1 heterocycles. The number of hydrogen-bond donors (Lipinski definition) is 2. The van der Waals surface area contributed by atoms with E-state index in [1.807, 2.05) is 13.8 Å². The third-order valence-electron chi connectivity index (χ3n) is 3.38. The summed E-state index contributed by atoms with van der Waals surface area (Å²) in [6.45, 7) is 6.86. The Kier molecular flexibility index (Phi) is 4.89. The lowest BCUT2D eigenvalue weighted by atomic mass is 10.0. The van der Waals surface area contributed by atoms with E-state index >= 15 is 0 Å². The summed E-state index contributed by atoms with van der Waals surface area (Å²) in [5.41, 5.74) is 0.692. The highest BCUT2D eigenvalue weighted by Crippen LogP contribution is 2.28. The van der Waals surface area contributed by atoms with E-state index < -0.39 is 0 Å². The molecular weight excluding hydrogens is 276 g/mol. The minimum absolute atomic E-state index is 0.0106. The molecule has 1 aromatic carbocycles. The first-order valence-electron chi connectivity index (χ1n) is 6.98. The van der Waals surface area contributed by atoms with Crippen molar-refractivity contribution in [2.45, 2.75) is 39.3 Å². The third kappa shape index (κ3) is 3.64. The molecule has 20 heavy (non-hydrogen) atoms. The SMILES string of the molecule is CC(C)Oc1ccc(NC(=O)C2NCCC2C)cc1Cl. The smallest absolute Gasteiger partial charge is 0.241 e. The fourth-order valence-corrected chi connectivity index (χ4v) is 2.56. The number of carbonyl (C=O) groups is 1. The summed E-state index contributed by atoms with van der Waals surface area (Å²) in [4.78, 5) is 12.2. The Labute approximate surface area is 124 Å². The van der Waals surface area contributed by atoms with Gasteiger partial charge in [-0.3, -0.25) is 4.79 Å². The largest absolute Gasteiger partial charge is 0.489 e. The average Bonchev–Trinajstić information content (AvgIpc) is 2.78. The van der Waals surface area contributed by atoms with Gasteiger partial charge in [-0.2, -0.15) is 0 Å². The van der Waals surface area contributed by atoms with Crippen LogP contribution < -0.4 is 15.4 Å². The lowest BCUT2D eigenvalue weighted by molar-refractivity contribution is -0.118. The van der Waals surface area contributed by atoms with Crippen LogP contribution in [0.4, 0.5) is 5.69 Å². The third-order valence-corrected chi connectivity index (χ3v) is 3.67. The maximum Gasteiger partial charge on any atom is 0.241 e. The van der Waals surface area contributed by atoms with E-state index in [-0.39, 0.29) is 18.1 Å². The molecule has 110 valence electrons. The Bertz CT molecular complexity index is 491. The van der Waals surface area contributed by atoms with Crippen LogP contribution in [0.5, 0.6) is 5.75 Å². The number of anilines is 1. The average molecular weight is 297 g/mol. The van der Waals surface area contributed by atoms with Crippen LogP contribution in [0.3, 0.4) is 0 Å².